The number of nitrogens with zero attached hydrogens (tertiary/aromatic N) is 1. The summed E-state index contributed by atoms with van der Waals surface area (Å²) in [5.41, 5.74) is 3.32. The van der Waals surface area contributed by atoms with Crippen molar-refractivity contribution in [2.24, 2.45) is 0 Å². The quantitative estimate of drug-likeness (QED) is 0.182. The fourth-order valence-corrected chi connectivity index (χ4v) is 4.69. The van der Waals surface area contributed by atoms with Crippen LogP contribution in [0.4, 0.5) is 10.5 Å². The van der Waals surface area contributed by atoms with Gasteiger partial charge >= 0.3 is 6.09 Å². The molecule has 2 rings (SSSR count). The second-order valence-corrected chi connectivity index (χ2v) is 11.4. The highest BCUT2D eigenvalue weighted by Gasteiger charge is 2.36. The average Bonchev–Trinajstić information content (AvgIpc) is 2.89. The lowest BCUT2D eigenvalue weighted by molar-refractivity contribution is -0.140. The lowest BCUT2D eigenvalue weighted by Crippen LogP contribution is -2.53. The summed E-state index contributed by atoms with van der Waals surface area (Å²) in [5, 5.41) is 5.75. The third-order valence-corrected chi connectivity index (χ3v) is 6.82. The second-order valence-electron chi connectivity index (χ2n) is 11.0. The number of ether oxygens (including phenoxy) is 1. The number of hydrogen-bond donors (Lipinski definition) is 3. The van der Waals surface area contributed by atoms with Crippen molar-refractivity contribution in [3.8, 4) is 0 Å². The van der Waals surface area contributed by atoms with Crippen LogP contribution in [0.5, 0.6) is 0 Å². The van der Waals surface area contributed by atoms with Gasteiger partial charge in [0.05, 0.1) is 0 Å². The van der Waals surface area contributed by atoms with Crippen molar-refractivity contribution in [1.82, 2.24) is 10.2 Å². The number of alkyl carbamates (subject to hydrolysis) is 1. The van der Waals surface area contributed by atoms with Gasteiger partial charge in [-0.2, -0.15) is 12.6 Å². The van der Waals surface area contributed by atoms with Crippen molar-refractivity contribution in [3.05, 3.63) is 71.3 Å². The molecule has 0 aliphatic carbocycles. The molecule has 7 nitrogen and oxygen atoms in total. The van der Waals surface area contributed by atoms with Crippen molar-refractivity contribution >= 4 is 42.3 Å². The average molecular weight is 568 g/mol. The predicted molar refractivity (Wildman–Crippen MR) is 167 cm³/mol. The SMILES string of the molecule is C=Cc1cccc(C(C(=O)Nc2c(C)cccc2C)N(CCCCCC)C(=O)C(CS)NC(=O)OC(C)(C)C)c1. The largest absolute Gasteiger partial charge is 0.444 e. The van der Waals surface area contributed by atoms with E-state index < -0.39 is 29.7 Å². The van der Waals surface area contributed by atoms with E-state index in [0.717, 1.165) is 36.0 Å². The first-order valence-electron chi connectivity index (χ1n) is 13.9. The lowest BCUT2D eigenvalue weighted by Gasteiger charge is -2.34. The van der Waals surface area contributed by atoms with Crippen LogP contribution in [-0.2, 0) is 14.3 Å². The molecule has 0 bridgehead atoms. The molecule has 2 unspecified atom stereocenters. The molecule has 0 spiro atoms. The smallest absolute Gasteiger partial charge is 0.408 e. The first kappa shape index (κ1) is 32.9. The van der Waals surface area contributed by atoms with Gasteiger partial charge in [0.2, 0.25) is 5.91 Å². The monoisotopic (exact) mass is 567 g/mol. The third kappa shape index (κ3) is 9.73. The van der Waals surface area contributed by atoms with E-state index in [4.69, 9.17) is 4.74 Å². The van der Waals surface area contributed by atoms with Crippen LogP contribution in [0.2, 0.25) is 0 Å². The van der Waals surface area contributed by atoms with Crippen LogP contribution in [0.25, 0.3) is 6.08 Å². The molecule has 0 aromatic heterocycles. The van der Waals surface area contributed by atoms with Gasteiger partial charge in [-0.25, -0.2) is 4.79 Å². The Kier molecular flexibility index (Phi) is 12.8. The van der Waals surface area contributed by atoms with Crippen LogP contribution < -0.4 is 10.6 Å². The highest BCUT2D eigenvalue weighted by molar-refractivity contribution is 7.80. The number of thiol groups is 1. The van der Waals surface area contributed by atoms with E-state index in [0.29, 0.717) is 24.2 Å². The van der Waals surface area contributed by atoms with E-state index in [-0.39, 0.29) is 11.7 Å². The van der Waals surface area contributed by atoms with Gasteiger partial charge < -0.3 is 20.3 Å². The Morgan fingerprint density at radius 3 is 2.27 bits per heavy atom. The number of rotatable bonds is 13. The minimum atomic E-state index is -0.984. The van der Waals surface area contributed by atoms with Gasteiger partial charge in [0.15, 0.2) is 0 Å². The standard InChI is InChI=1S/C32H45N3O4S/c1-8-10-11-12-19-35(30(37)26(21-40)33-31(38)39-32(5,6)7)28(25-18-14-17-24(9-2)20-25)29(36)34-27-22(3)15-13-16-23(27)4/h9,13-18,20,26,28,40H,2,8,10-12,19,21H2,1,3-7H3,(H,33,38)(H,34,36). The molecule has 0 saturated carbocycles. The summed E-state index contributed by atoms with van der Waals surface area (Å²) in [6.07, 6.45) is 4.65. The zero-order valence-corrected chi connectivity index (χ0v) is 25.6. The van der Waals surface area contributed by atoms with Crippen LogP contribution in [-0.4, -0.2) is 46.7 Å². The van der Waals surface area contributed by atoms with Gasteiger partial charge in [0.25, 0.3) is 5.91 Å². The molecule has 0 aliphatic heterocycles. The fraction of sp³-hybridized carbons (Fsp3) is 0.469. The second kappa shape index (κ2) is 15.5. The van der Waals surface area contributed by atoms with Crippen molar-refractivity contribution in [2.45, 2.75) is 84.9 Å². The highest BCUT2D eigenvalue weighted by Crippen LogP contribution is 2.28. The van der Waals surface area contributed by atoms with Gasteiger partial charge in [0, 0.05) is 18.0 Å². The number of amides is 3. The van der Waals surface area contributed by atoms with Crippen LogP contribution in [0.15, 0.2) is 49.0 Å². The molecule has 3 amide bonds. The number of carbonyl (C=O) groups excluding carboxylic acids is 3. The van der Waals surface area contributed by atoms with Crippen LogP contribution in [0.3, 0.4) is 0 Å². The number of aryl methyl sites for hydroxylation is 2. The number of para-hydroxylation sites is 1. The van der Waals surface area contributed by atoms with E-state index in [1.807, 2.05) is 56.3 Å². The first-order chi connectivity index (χ1) is 18.9. The fourth-order valence-electron chi connectivity index (χ4n) is 4.44. The van der Waals surface area contributed by atoms with Gasteiger partial charge in [-0.05, 0) is 69.4 Å². The zero-order valence-electron chi connectivity index (χ0n) is 24.8. The van der Waals surface area contributed by atoms with Gasteiger partial charge in [-0.3, -0.25) is 9.59 Å². The Morgan fingerprint density at radius 1 is 1.05 bits per heavy atom. The topological polar surface area (TPSA) is 87.7 Å². The highest BCUT2D eigenvalue weighted by atomic mass is 32.1. The number of carbonyl (C=O) groups is 3. The molecule has 2 atom stereocenters. The van der Waals surface area contributed by atoms with Gasteiger partial charge in [0.1, 0.15) is 17.7 Å². The number of hydrogen-bond acceptors (Lipinski definition) is 5. The minimum absolute atomic E-state index is 0.0431. The number of nitrogens with one attached hydrogen (secondary N) is 2. The maximum Gasteiger partial charge on any atom is 0.408 e. The van der Waals surface area contributed by atoms with Crippen molar-refractivity contribution in [3.63, 3.8) is 0 Å². The molecule has 0 saturated heterocycles. The Hall–Kier alpha value is -3.26. The molecule has 40 heavy (non-hydrogen) atoms. The summed E-state index contributed by atoms with van der Waals surface area (Å²) >= 11 is 4.37. The maximum absolute atomic E-state index is 14.1. The summed E-state index contributed by atoms with van der Waals surface area (Å²) < 4.78 is 5.40. The number of anilines is 1. The normalized spacial score (nSPS) is 12.7. The zero-order chi connectivity index (χ0) is 29.9. The molecule has 0 fully saturated rings. The maximum atomic E-state index is 14.1. The molecule has 218 valence electrons. The molecular formula is C32H45N3O4S. The summed E-state index contributed by atoms with van der Waals surface area (Å²) in [6.45, 7) is 15.5. The summed E-state index contributed by atoms with van der Waals surface area (Å²) in [7, 11) is 0. The van der Waals surface area contributed by atoms with Crippen molar-refractivity contribution in [2.75, 3.05) is 17.6 Å². The van der Waals surface area contributed by atoms with Crippen LogP contribution in [0, 0.1) is 13.8 Å². The van der Waals surface area contributed by atoms with Crippen molar-refractivity contribution < 1.29 is 19.1 Å². The molecule has 2 N–H and O–H groups in total. The van der Waals surface area contributed by atoms with E-state index in [1.165, 1.54) is 0 Å². The summed E-state index contributed by atoms with van der Waals surface area (Å²) in [4.78, 5) is 42.4. The van der Waals surface area contributed by atoms with Gasteiger partial charge in [-0.1, -0.05) is 75.2 Å². The lowest BCUT2D eigenvalue weighted by atomic mass is 9.99. The Balaban J connectivity index is 2.56. The third-order valence-electron chi connectivity index (χ3n) is 6.46. The molecule has 2 aromatic carbocycles. The van der Waals surface area contributed by atoms with Crippen LogP contribution in [0.1, 0.15) is 81.7 Å². The molecular weight excluding hydrogens is 522 g/mol. The summed E-state index contributed by atoms with van der Waals surface area (Å²) in [6, 6.07) is 11.3. The van der Waals surface area contributed by atoms with E-state index in [2.05, 4.69) is 36.8 Å². The van der Waals surface area contributed by atoms with Crippen molar-refractivity contribution in [1.29, 1.82) is 0 Å². The van der Waals surface area contributed by atoms with E-state index in [1.54, 1.807) is 31.7 Å². The van der Waals surface area contributed by atoms with Crippen LogP contribution >= 0.6 is 12.6 Å². The predicted octanol–water partition coefficient (Wildman–Crippen LogP) is 6.86. The van der Waals surface area contributed by atoms with Gasteiger partial charge in [-0.15, -0.1) is 0 Å². The Morgan fingerprint density at radius 2 is 1.70 bits per heavy atom. The Bertz CT molecular complexity index is 1150. The van der Waals surface area contributed by atoms with E-state index in [9.17, 15) is 14.4 Å². The number of unbranched alkanes of at least 4 members (excludes halogenated alkanes) is 3. The molecule has 0 heterocycles. The molecule has 8 heteroatoms. The minimum Gasteiger partial charge on any atom is -0.444 e. The molecule has 2 aromatic rings. The Labute approximate surface area is 245 Å². The number of benzene rings is 2. The van der Waals surface area contributed by atoms with E-state index >= 15 is 0 Å². The molecule has 0 radical (unpaired) electrons. The molecule has 0 aliphatic rings. The first-order valence-corrected chi connectivity index (χ1v) is 14.5. The summed E-state index contributed by atoms with van der Waals surface area (Å²) in [5.74, 6) is -0.692.